The van der Waals surface area contributed by atoms with Crippen LogP contribution in [0.4, 0.5) is 4.79 Å². The highest BCUT2D eigenvalue weighted by Gasteiger charge is 2.17. The first-order valence-corrected chi connectivity index (χ1v) is 8.14. The maximum Gasteiger partial charge on any atom is 0.315 e. The van der Waals surface area contributed by atoms with Crippen molar-refractivity contribution in [3.8, 4) is 0 Å². The van der Waals surface area contributed by atoms with E-state index in [0.717, 1.165) is 24.1 Å². The van der Waals surface area contributed by atoms with E-state index in [4.69, 9.17) is 0 Å². The topological polar surface area (TPSA) is 59.0 Å². The summed E-state index contributed by atoms with van der Waals surface area (Å²) in [5.41, 5.74) is 2.28. The molecule has 0 radical (unpaired) electrons. The summed E-state index contributed by atoms with van der Waals surface area (Å²) in [6.07, 6.45) is 4.70. The van der Waals surface area contributed by atoms with Crippen molar-refractivity contribution < 1.29 is 4.79 Å². The third kappa shape index (κ3) is 5.43. The molecule has 1 atom stereocenters. The molecule has 2 aromatic rings. The summed E-state index contributed by atoms with van der Waals surface area (Å²) >= 11 is 0. The van der Waals surface area contributed by atoms with E-state index in [2.05, 4.69) is 29.6 Å². The van der Waals surface area contributed by atoms with Crippen LogP contribution in [0.5, 0.6) is 0 Å². The number of benzene rings is 1. The number of aryl methyl sites for hydroxylation is 2. The van der Waals surface area contributed by atoms with Gasteiger partial charge in [0, 0.05) is 19.3 Å². The molecule has 0 saturated heterocycles. The average molecular weight is 314 g/mol. The minimum Gasteiger partial charge on any atom is -0.338 e. The molecular weight excluding hydrogens is 288 g/mol. The van der Waals surface area contributed by atoms with Gasteiger partial charge in [-0.3, -0.25) is 4.68 Å². The Morgan fingerprint density at radius 1 is 1.26 bits per heavy atom. The van der Waals surface area contributed by atoms with Crippen LogP contribution in [0.15, 0.2) is 42.7 Å². The van der Waals surface area contributed by atoms with E-state index in [1.165, 1.54) is 0 Å². The van der Waals surface area contributed by atoms with E-state index in [-0.39, 0.29) is 12.1 Å². The van der Waals surface area contributed by atoms with Crippen molar-refractivity contribution in [2.45, 2.75) is 39.8 Å². The standard InChI is InChI=1S/C18H26N4O/c1-14(2)17(16-8-5-4-6-9-16)21-18(23)19-10-7-11-22-13-15(3)12-20-22/h4-6,8-9,12-14,17H,7,10-11H2,1-3H3,(H2,19,21,23). The molecule has 0 fully saturated rings. The van der Waals surface area contributed by atoms with Crippen LogP contribution in [0, 0.1) is 12.8 Å². The van der Waals surface area contributed by atoms with Crippen LogP contribution >= 0.6 is 0 Å². The molecule has 5 nitrogen and oxygen atoms in total. The number of aromatic nitrogens is 2. The van der Waals surface area contributed by atoms with Gasteiger partial charge in [0.2, 0.25) is 0 Å². The second-order valence-electron chi connectivity index (χ2n) is 6.17. The molecule has 0 aliphatic carbocycles. The van der Waals surface area contributed by atoms with Crippen LogP contribution in [-0.2, 0) is 6.54 Å². The SMILES string of the molecule is Cc1cnn(CCCNC(=O)NC(c2ccccc2)C(C)C)c1. The van der Waals surface area contributed by atoms with Crippen molar-refractivity contribution in [2.24, 2.45) is 5.92 Å². The average Bonchev–Trinajstić information content (AvgIpc) is 2.95. The highest BCUT2D eigenvalue weighted by molar-refractivity contribution is 5.74. The maximum absolute atomic E-state index is 12.1. The molecule has 0 aliphatic rings. The number of rotatable bonds is 7. The molecule has 124 valence electrons. The van der Waals surface area contributed by atoms with E-state index in [9.17, 15) is 4.79 Å². The number of hydrogen-bond acceptors (Lipinski definition) is 2. The minimum absolute atomic E-state index is 0.0185. The van der Waals surface area contributed by atoms with Gasteiger partial charge in [-0.15, -0.1) is 0 Å². The molecule has 0 aliphatic heterocycles. The zero-order valence-electron chi connectivity index (χ0n) is 14.1. The van der Waals surface area contributed by atoms with Gasteiger partial charge in [-0.1, -0.05) is 44.2 Å². The highest BCUT2D eigenvalue weighted by atomic mass is 16.2. The fourth-order valence-electron chi connectivity index (χ4n) is 2.52. The van der Waals surface area contributed by atoms with Gasteiger partial charge in [0.05, 0.1) is 12.2 Å². The smallest absolute Gasteiger partial charge is 0.315 e. The maximum atomic E-state index is 12.1. The minimum atomic E-state index is -0.121. The van der Waals surface area contributed by atoms with Crippen LogP contribution in [0.25, 0.3) is 0 Å². The van der Waals surface area contributed by atoms with Crippen LogP contribution in [-0.4, -0.2) is 22.4 Å². The molecule has 1 aromatic carbocycles. The lowest BCUT2D eigenvalue weighted by Crippen LogP contribution is -2.40. The molecular formula is C18H26N4O. The molecule has 2 N–H and O–H groups in total. The number of amides is 2. The zero-order valence-corrected chi connectivity index (χ0v) is 14.1. The summed E-state index contributed by atoms with van der Waals surface area (Å²) in [7, 11) is 0. The Morgan fingerprint density at radius 2 is 2.00 bits per heavy atom. The van der Waals surface area contributed by atoms with Crippen LogP contribution in [0.3, 0.4) is 0 Å². The van der Waals surface area contributed by atoms with Gasteiger partial charge in [-0.25, -0.2) is 4.79 Å². The van der Waals surface area contributed by atoms with Crippen molar-refractivity contribution in [1.82, 2.24) is 20.4 Å². The normalized spacial score (nSPS) is 12.2. The third-order valence-electron chi connectivity index (χ3n) is 3.72. The molecule has 0 spiro atoms. The number of nitrogens with zero attached hydrogens (tertiary/aromatic N) is 2. The Bertz CT molecular complexity index is 606. The molecule has 23 heavy (non-hydrogen) atoms. The van der Waals surface area contributed by atoms with E-state index >= 15 is 0 Å². The molecule has 0 saturated carbocycles. The lowest BCUT2D eigenvalue weighted by atomic mass is 9.96. The Morgan fingerprint density at radius 3 is 2.61 bits per heavy atom. The molecule has 2 amide bonds. The van der Waals surface area contributed by atoms with Gasteiger partial charge < -0.3 is 10.6 Å². The zero-order chi connectivity index (χ0) is 16.7. The number of carbonyl (C=O) groups excluding carboxylic acids is 1. The Hall–Kier alpha value is -2.30. The molecule has 1 aromatic heterocycles. The van der Waals surface area contributed by atoms with E-state index < -0.39 is 0 Å². The van der Waals surface area contributed by atoms with Gasteiger partial charge in [0.25, 0.3) is 0 Å². The number of urea groups is 1. The summed E-state index contributed by atoms with van der Waals surface area (Å²) in [5, 5.41) is 10.2. The predicted octanol–water partition coefficient (Wildman–Crippen LogP) is 3.28. The van der Waals surface area contributed by atoms with Crippen molar-refractivity contribution in [1.29, 1.82) is 0 Å². The monoisotopic (exact) mass is 314 g/mol. The van der Waals surface area contributed by atoms with Crippen molar-refractivity contribution >= 4 is 6.03 Å². The third-order valence-corrected chi connectivity index (χ3v) is 3.72. The molecule has 0 bridgehead atoms. The largest absolute Gasteiger partial charge is 0.338 e. The first kappa shape index (κ1) is 17.1. The Labute approximate surface area is 138 Å². The molecule has 2 rings (SSSR count). The van der Waals surface area contributed by atoms with Crippen LogP contribution in [0.1, 0.15) is 37.4 Å². The van der Waals surface area contributed by atoms with Gasteiger partial charge in [-0.05, 0) is 30.4 Å². The van der Waals surface area contributed by atoms with E-state index in [0.29, 0.717) is 12.5 Å². The Kier molecular flexibility index (Phi) is 6.20. The van der Waals surface area contributed by atoms with Gasteiger partial charge in [-0.2, -0.15) is 5.10 Å². The quantitative estimate of drug-likeness (QED) is 0.771. The predicted molar refractivity (Wildman–Crippen MR) is 92.1 cm³/mol. The van der Waals surface area contributed by atoms with Crippen molar-refractivity contribution in [3.63, 3.8) is 0 Å². The summed E-state index contributed by atoms with van der Waals surface area (Å²) in [5.74, 6) is 0.329. The fourth-order valence-corrected chi connectivity index (χ4v) is 2.52. The van der Waals surface area contributed by atoms with E-state index in [1.54, 1.807) is 0 Å². The van der Waals surface area contributed by atoms with Gasteiger partial charge in [0.1, 0.15) is 0 Å². The summed E-state index contributed by atoms with van der Waals surface area (Å²) in [4.78, 5) is 12.1. The Balaban J connectivity index is 1.76. The second-order valence-corrected chi connectivity index (χ2v) is 6.17. The molecule has 5 heteroatoms. The lowest BCUT2D eigenvalue weighted by Gasteiger charge is -2.23. The summed E-state index contributed by atoms with van der Waals surface area (Å²) < 4.78 is 1.90. The van der Waals surface area contributed by atoms with Crippen LogP contribution in [0.2, 0.25) is 0 Å². The molecule has 1 heterocycles. The molecule has 1 unspecified atom stereocenters. The second kappa shape index (κ2) is 8.36. The number of hydrogen-bond donors (Lipinski definition) is 2. The first-order chi connectivity index (χ1) is 11.1. The van der Waals surface area contributed by atoms with Crippen molar-refractivity contribution in [2.75, 3.05) is 6.54 Å². The summed E-state index contributed by atoms with van der Waals surface area (Å²) in [6.45, 7) is 7.67. The van der Waals surface area contributed by atoms with E-state index in [1.807, 2.05) is 54.3 Å². The fraction of sp³-hybridized carbons (Fsp3) is 0.444. The van der Waals surface area contributed by atoms with Gasteiger partial charge in [0.15, 0.2) is 0 Å². The van der Waals surface area contributed by atoms with Crippen LogP contribution < -0.4 is 10.6 Å². The van der Waals surface area contributed by atoms with Crippen molar-refractivity contribution in [3.05, 3.63) is 53.9 Å². The highest BCUT2D eigenvalue weighted by Crippen LogP contribution is 2.20. The summed E-state index contributed by atoms with van der Waals surface area (Å²) in [6, 6.07) is 9.97. The number of nitrogens with one attached hydrogen (secondary N) is 2. The lowest BCUT2D eigenvalue weighted by molar-refractivity contribution is 0.232. The first-order valence-electron chi connectivity index (χ1n) is 8.14. The number of carbonyl (C=O) groups is 1. The van der Waals surface area contributed by atoms with Gasteiger partial charge >= 0.3 is 6.03 Å².